The molecule has 0 aliphatic rings. The number of rotatable bonds is 2. The van der Waals surface area contributed by atoms with Crippen LogP contribution in [0, 0.1) is 11.3 Å². The third-order valence-electron chi connectivity index (χ3n) is 2.07. The summed E-state index contributed by atoms with van der Waals surface area (Å²) >= 11 is 0. The summed E-state index contributed by atoms with van der Waals surface area (Å²) in [4.78, 5) is 0. The van der Waals surface area contributed by atoms with Gasteiger partial charge in [-0.25, -0.2) is 0 Å². The fourth-order valence-corrected chi connectivity index (χ4v) is 1.36. The van der Waals surface area contributed by atoms with E-state index in [1.165, 1.54) is 13.2 Å². The molecule has 0 bridgehead atoms. The van der Waals surface area contributed by atoms with Gasteiger partial charge in [-0.1, -0.05) is 0 Å². The van der Waals surface area contributed by atoms with Gasteiger partial charge in [-0.15, -0.1) is 0 Å². The molecule has 3 nitrogen and oxygen atoms in total. The lowest BCUT2D eigenvalue weighted by Crippen LogP contribution is -2.13. The van der Waals surface area contributed by atoms with Gasteiger partial charge in [-0.05, 0) is 12.1 Å². The van der Waals surface area contributed by atoms with Crippen LogP contribution in [0.5, 0.6) is 5.75 Å². The first-order valence-electron chi connectivity index (χ1n) is 4.32. The van der Waals surface area contributed by atoms with E-state index in [9.17, 15) is 13.2 Å². The number of methoxy groups -OCH3 is 1. The number of alkyl halides is 3. The number of ether oxygens (including phenoxy) is 1. The van der Waals surface area contributed by atoms with Gasteiger partial charge in [0.05, 0.1) is 24.3 Å². The van der Waals surface area contributed by atoms with Crippen LogP contribution in [0.2, 0.25) is 0 Å². The molecule has 0 spiro atoms. The molecule has 0 aromatic heterocycles. The minimum absolute atomic E-state index is 0.0196. The van der Waals surface area contributed by atoms with Gasteiger partial charge in [0.15, 0.2) is 0 Å². The van der Waals surface area contributed by atoms with Crippen molar-refractivity contribution in [1.29, 1.82) is 5.26 Å². The van der Waals surface area contributed by atoms with Crippen molar-refractivity contribution < 1.29 is 17.9 Å². The number of nitrogens with two attached hydrogens (primary N) is 1. The maximum absolute atomic E-state index is 12.6. The zero-order valence-electron chi connectivity index (χ0n) is 8.43. The molecule has 0 heterocycles. The highest BCUT2D eigenvalue weighted by molar-refractivity contribution is 5.48. The Hall–Kier alpha value is -1.74. The highest BCUT2D eigenvalue weighted by atomic mass is 19.4. The zero-order chi connectivity index (χ0) is 12.3. The van der Waals surface area contributed by atoms with Crippen LogP contribution in [-0.4, -0.2) is 7.11 Å². The second-order valence-electron chi connectivity index (χ2n) is 3.02. The van der Waals surface area contributed by atoms with Gasteiger partial charge in [0.25, 0.3) is 0 Å². The van der Waals surface area contributed by atoms with Crippen LogP contribution < -0.4 is 10.5 Å². The standard InChI is InChI=1S/C10H9F3N2O/c1-16-9-3-6(4-14)2-8(7(9)5-15)10(11,12)13/h2-3H,5,15H2,1H3. The van der Waals surface area contributed by atoms with E-state index in [0.717, 1.165) is 6.07 Å². The molecule has 0 amide bonds. The lowest BCUT2D eigenvalue weighted by Gasteiger charge is -2.15. The molecule has 1 rings (SSSR count). The third-order valence-corrected chi connectivity index (χ3v) is 2.07. The lowest BCUT2D eigenvalue weighted by atomic mass is 10.0. The quantitative estimate of drug-likeness (QED) is 0.845. The van der Waals surface area contributed by atoms with E-state index in [1.807, 2.05) is 0 Å². The third kappa shape index (κ3) is 2.25. The average molecular weight is 230 g/mol. The molecule has 1 aromatic carbocycles. The van der Waals surface area contributed by atoms with Gasteiger partial charge in [0.2, 0.25) is 0 Å². The summed E-state index contributed by atoms with van der Waals surface area (Å²) in [5.41, 5.74) is 4.07. The molecule has 0 radical (unpaired) electrons. The van der Waals surface area contributed by atoms with Crippen LogP contribution in [-0.2, 0) is 12.7 Å². The second kappa shape index (κ2) is 4.41. The fourth-order valence-electron chi connectivity index (χ4n) is 1.36. The van der Waals surface area contributed by atoms with Crippen LogP contribution in [0.25, 0.3) is 0 Å². The average Bonchev–Trinajstić information content (AvgIpc) is 2.25. The molecule has 2 N–H and O–H groups in total. The van der Waals surface area contributed by atoms with Crippen molar-refractivity contribution in [3.63, 3.8) is 0 Å². The summed E-state index contributed by atoms with van der Waals surface area (Å²) < 4.78 is 42.7. The molecule has 0 saturated carbocycles. The Balaban J connectivity index is 3.51. The van der Waals surface area contributed by atoms with Crippen molar-refractivity contribution >= 4 is 0 Å². The minimum atomic E-state index is -4.55. The molecule has 0 saturated heterocycles. The Morgan fingerprint density at radius 2 is 2.06 bits per heavy atom. The first kappa shape index (κ1) is 12.3. The summed E-state index contributed by atoms with van der Waals surface area (Å²) in [7, 11) is 1.23. The molecule has 0 unspecified atom stereocenters. The Kier molecular flexibility index (Phi) is 3.40. The van der Waals surface area contributed by atoms with Crippen molar-refractivity contribution in [2.45, 2.75) is 12.7 Å². The van der Waals surface area contributed by atoms with E-state index in [4.69, 9.17) is 15.7 Å². The zero-order valence-corrected chi connectivity index (χ0v) is 8.43. The molecular formula is C10H9F3N2O. The molecule has 86 valence electrons. The minimum Gasteiger partial charge on any atom is -0.496 e. The van der Waals surface area contributed by atoms with Crippen molar-refractivity contribution in [3.05, 3.63) is 28.8 Å². The highest BCUT2D eigenvalue weighted by Crippen LogP contribution is 2.36. The smallest absolute Gasteiger partial charge is 0.416 e. The van der Waals surface area contributed by atoms with Gasteiger partial charge in [-0.2, -0.15) is 18.4 Å². The largest absolute Gasteiger partial charge is 0.496 e. The van der Waals surface area contributed by atoms with Crippen LogP contribution >= 0.6 is 0 Å². The van der Waals surface area contributed by atoms with E-state index in [0.29, 0.717) is 0 Å². The molecule has 0 atom stereocenters. The molecule has 16 heavy (non-hydrogen) atoms. The van der Waals surface area contributed by atoms with Crippen LogP contribution in [0.3, 0.4) is 0 Å². The highest BCUT2D eigenvalue weighted by Gasteiger charge is 2.34. The second-order valence-corrected chi connectivity index (χ2v) is 3.02. The molecule has 0 aliphatic carbocycles. The molecule has 6 heteroatoms. The van der Waals surface area contributed by atoms with Gasteiger partial charge in [-0.3, -0.25) is 0 Å². The van der Waals surface area contributed by atoms with E-state index in [-0.39, 0.29) is 23.4 Å². The number of nitrogens with zero attached hydrogens (tertiary/aromatic N) is 1. The SMILES string of the molecule is COc1cc(C#N)cc(C(F)(F)F)c1CN. The summed E-state index contributed by atoms with van der Waals surface area (Å²) in [5, 5.41) is 8.61. The van der Waals surface area contributed by atoms with E-state index in [2.05, 4.69) is 0 Å². The van der Waals surface area contributed by atoms with E-state index < -0.39 is 11.7 Å². The van der Waals surface area contributed by atoms with Gasteiger partial charge in [0, 0.05) is 12.1 Å². The van der Waals surface area contributed by atoms with Crippen molar-refractivity contribution in [1.82, 2.24) is 0 Å². The normalized spacial score (nSPS) is 11.0. The molecule has 0 fully saturated rings. The first-order chi connectivity index (χ1) is 7.43. The van der Waals surface area contributed by atoms with Crippen LogP contribution in [0.1, 0.15) is 16.7 Å². The number of benzene rings is 1. The molecule has 1 aromatic rings. The Bertz CT molecular complexity index is 435. The summed E-state index contributed by atoms with van der Waals surface area (Å²) in [5.74, 6) is -0.0196. The van der Waals surface area contributed by atoms with Gasteiger partial charge in [0.1, 0.15) is 5.75 Å². The predicted octanol–water partition coefficient (Wildman–Crippen LogP) is 2.04. The molecule has 0 aliphatic heterocycles. The number of halogens is 3. The molecular weight excluding hydrogens is 221 g/mol. The number of nitriles is 1. The Morgan fingerprint density at radius 3 is 2.44 bits per heavy atom. The van der Waals surface area contributed by atoms with E-state index >= 15 is 0 Å². The van der Waals surface area contributed by atoms with Crippen LogP contribution in [0.4, 0.5) is 13.2 Å². The maximum atomic E-state index is 12.6. The lowest BCUT2D eigenvalue weighted by molar-refractivity contribution is -0.138. The number of hydrogen-bond donors (Lipinski definition) is 1. The number of hydrogen-bond acceptors (Lipinski definition) is 3. The summed E-state index contributed by atoms with van der Waals surface area (Å²) in [6, 6.07) is 3.65. The maximum Gasteiger partial charge on any atom is 0.416 e. The van der Waals surface area contributed by atoms with Gasteiger partial charge >= 0.3 is 6.18 Å². The van der Waals surface area contributed by atoms with Crippen molar-refractivity contribution in [2.75, 3.05) is 7.11 Å². The summed E-state index contributed by atoms with van der Waals surface area (Å²) in [6.45, 7) is -0.302. The monoisotopic (exact) mass is 230 g/mol. The Morgan fingerprint density at radius 1 is 1.44 bits per heavy atom. The van der Waals surface area contributed by atoms with E-state index in [1.54, 1.807) is 6.07 Å². The Labute approximate surface area is 90.2 Å². The van der Waals surface area contributed by atoms with Crippen molar-refractivity contribution in [2.24, 2.45) is 5.73 Å². The van der Waals surface area contributed by atoms with Crippen molar-refractivity contribution in [3.8, 4) is 11.8 Å². The van der Waals surface area contributed by atoms with Crippen LogP contribution in [0.15, 0.2) is 12.1 Å². The van der Waals surface area contributed by atoms with Gasteiger partial charge < -0.3 is 10.5 Å². The fraction of sp³-hybridized carbons (Fsp3) is 0.300. The topological polar surface area (TPSA) is 59.0 Å². The predicted molar refractivity (Wildman–Crippen MR) is 50.6 cm³/mol. The first-order valence-corrected chi connectivity index (χ1v) is 4.32. The summed E-state index contributed by atoms with van der Waals surface area (Å²) in [6.07, 6.45) is -4.55.